The van der Waals surface area contributed by atoms with E-state index in [1.54, 1.807) is 0 Å². The number of carbonyl (C=O) groups excluding carboxylic acids is 2. The van der Waals surface area contributed by atoms with Crippen LogP contribution in [0.4, 0.5) is 0 Å². The van der Waals surface area contributed by atoms with Gasteiger partial charge in [-0.05, 0) is 0 Å². The van der Waals surface area contributed by atoms with E-state index in [0.29, 0.717) is 0 Å². The third-order valence-electron chi connectivity index (χ3n) is 1.70. The summed E-state index contributed by atoms with van der Waals surface area (Å²) in [6.07, 6.45) is 0.434. The second-order valence-electron chi connectivity index (χ2n) is 2.90. The van der Waals surface area contributed by atoms with Crippen molar-refractivity contribution in [2.75, 3.05) is 28.4 Å². The van der Waals surface area contributed by atoms with Gasteiger partial charge in [-0.3, -0.25) is 18.6 Å². The zero-order valence-electron chi connectivity index (χ0n) is 11.9. The first-order valence-corrected chi connectivity index (χ1v) is 6.62. The maximum atomic E-state index is 11.7. The largest absolute Gasteiger partial charge is 0.529 e. The van der Waals surface area contributed by atoms with E-state index in [1.165, 1.54) is 0 Å². The molecule has 0 atom stereocenters. The number of phosphoric ester groups is 1. The lowest BCUT2D eigenvalue weighted by Gasteiger charge is -2.15. The van der Waals surface area contributed by atoms with E-state index in [2.05, 4.69) is 18.5 Å². The van der Waals surface area contributed by atoms with Crippen LogP contribution < -0.4 is 0 Å². The van der Waals surface area contributed by atoms with E-state index in [1.807, 2.05) is 0 Å². The Kier molecular flexibility index (Phi) is 12.1. The van der Waals surface area contributed by atoms with Crippen LogP contribution >= 0.6 is 7.82 Å². The second-order valence-corrected chi connectivity index (χ2v) is 4.70. The first-order chi connectivity index (χ1) is 9.82. The van der Waals surface area contributed by atoms with Crippen LogP contribution in [0.15, 0.2) is 11.8 Å². The summed E-state index contributed by atoms with van der Waals surface area (Å²) in [7, 11) is 0.633. The van der Waals surface area contributed by atoms with Gasteiger partial charge in [0.1, 0.15) is 12.2 Å². The van der Waals surface area contributed by atoms with E-state index in [-0.39, 0.29) is 12.2 Å². The summed E-state index contributed by atoms with van der Waals surface area (Å²) in [5.74, 6) is -1.72. The maximum Gasteiger partial charge on any atom is 0.529 e. The van der Waals surface area contributed by atoms with Crippen molar-refractivity contribution in [3.63, 3.8) is 0 Å². The summed E-state index contributed by atoms with van der Waals surface area (Å²) in [6, 6.07) is 0. The lowest BCUT2D eigenvalue weighted by molar-refractivity contribution is -0.140. The summed E-state index contributed by atoms with van der Waals surface area (Å²) in [5, 5.41) is 6.89. The minimum Gasteiger partial charge on any atom is -0.483 e. The lowest BCUT2D eigenvalue weighted by Crippen LogP contribution is -2.07. The number of esters is 2. The van der Waals surface area contributed by atoms with Gasteiger partial charge >= 0.3 is 19.8 Å². The quantitative estimate of drug-likeness (QED) is 0.234. The number of ether oxygens (including phenoxy) is 2. The highest BCUT2D eigenvalue weighted by molar-refractivity contribution is 7.48. The number of methoxy groups -OCH3 is 2. The van der Waals surface area contributed by atoms with Crippen molar-refractivity contribution in [3.05, 3.63) is 11.8 Å². The van der Waals surface area contributed by atoms with Crippen LogP contribution in [0.1, 0.15) is 6.42 Å². The van der Waals surface area contributed by atoms with E-state index < -0.39 is 26.2 Å². The normalized spacial score (nSPS) is 10.8. The van der Waals surface area contributed by atoms with E-state index in [9.17, 15) is 14.2 Å². The average Bonchev–Trinajstić information content (AvgIpc) is 2.47. The highest BCUT2D eigenvalue weighted by atomic mass is 31.2. The van der Waals surface area contributed by atoms with E-state index in [4.69, 9.17) is 14.4 Å². The van der Waals surface area contributed by atoms with Gasteiger partial charge in [-0.15, -0.1) is 0 Å². The molecule has 0 aliphatic carbocycles. The predicted octanol–water partition coefficient (Wildman–Crippen LogP) is 0.725. The molecule has 0 spiro atoms. The van der Waals surface area contributed by atoms with Crippen LogP contribution in [-0.4, -0.2) is 52.0 Å². The molecule has 0 radical (unpaired) electrons. The minimum atomic E-state index is -3.85. The molecule has 0 aliphatic rings. The first kappa shape index (κ1) is 21.4. The smallest absolute Gasteiger partial charge is 0.483 e. The highest BCUT2D eigenvalue weighted by Crippen LogP contribution is 2.50. The summed E-state index contributed by atoms with van der Waals surface area (Å²) in [5.41, 5.74) is 0. The van der Waals surface area contributed by atoms with Crippen LogP contribution in [0, 0.1) is 0 Å². The summed E-state index contributed by atoms with van der Waals surface area (Å²) in [4.78, 5) is 30.5. The number of carbonyl (C=O) groups is 3. The fourth-order valence-electron chi connectivity index (χ4n) is 0.807. The molecule has 0 saturated carbocycles. The molecule has 0 bridgehead atoms. The zero-order chi connectivity index (χ0) is 16.9. The fourth-order valence-corrected chi connectivity index (χ4v) is 1.51. The van der Waals surface area contributed by atoms with Crippen LogP contribution in [0.2, 0.25) is 0 Å². The third-order valence-corrected chi connectivity index (χ3v) is 3.06. The molecule has 0 aromatic rings. The molecule has 0 rings (SSSR count). The molecule has 122 valence electrons. The number of hydrogen-bond donors (Lipinski definition) is 1. The highest BCUT2D eigenvalue weighted by Gasteiger charge is 2.27. The van der Waals surface area contributed by atoms with Crippen molar-refractivity contribution in [2.45, 2.75) is 6.42 Å². The molecule has 11 heteroatoms. The minimum absolute atomic E-state index is 0.249. The van der Waals surface area contributed by atoms with Crippen molar-refractivity contribution in [3.8, 4) is 0 Å². The molecule has 0 aliphatic heterocycles. The van der Waals surface area contributed by atoms with Gasteiger partial charge in [-0.2, -0.15) is 0 Å². The summed E-state index contributed by atoms with van der Waals surface area (Å²) in [6.45, 7) is -0.250. The molecular weight excluding hydrogens is 311 g/mol. The van der Waals surface area contributed by atoms with Crippen LogP contribution in [-0.2, 0) is 42.0 Å². The van der Waals surface area contributed by atoms with Gasteiger partial charge in [-0.1, -0.05) is 0 Å². The van der Waals surface area contributed by atoms with Crippen molar-refractivity contribution in [1.82, 2.24) is 0 Å². The Labute approximate surface area is 121 Å². The average molecular weight is 328 g/mol. The maximum absolute atomic E-state index is 11.7. The number of carboxylic acid groups (broad SMARTS) is 1. The topological polar surface area (TPSA) is 135 Å². The number of rotatable bonds is 7. The Balaban J connectivity index is 0. The Bertz CT molecular complexity index is 408. The molecule has 0 aromatic carbocycles. The zero-order valence-corrected chi connectivity index (χ0v) is 12.8. The van der Waals surface area contributed by atoms with Gasteiger partial charge in [0.25, 0.3) is 6.47 Å². The summed E-state index contributed by atoms with van der Waals surface area (Å²) < 4.78 is 34.3. The van der Waals surface area contributed by atoms with Crippen molar-refractivity contribution in [2.24, 2.45) is 0 Å². The molecule has 1 N–H and O–H groups in total. The molecule has 0 fully saturated rings. The van der Waals surface area contributed by atoms with Crippen molar-refractivity contribution < 1.29 is 47.1 Å². The van der Waals surface area contributed by atoms with Gasteiger partial charge in [-0.25, -0.2) is 9.36 Å². The summed E-state index contributed by atoms with van der Waals surface area (Å²) >= 11 is 0. The van der Waals surface area contributed by atoms with Gasteiger partial charge in [0, 0.05) is 14.2 Å². The van der Waals surface area contributed by atoms with Crippen molar-refractivity contribution in [1.29, 1.82) is 0 Å². The Morgan fingerprint density at radius 1 is 1.10 bits per heavy atom. The molecule has 0 aromatic heterocycles. The third kappa shape index (κ3) is 10.5. The van der Waals surface area contributed by atoms with Gasteiger partial charge in [0.2, 0.25) is 0 Å². The Morgan fingerprint density at radius 3 is 1.90 bits per heavy atom. The second kappa shape index (κ2) is 11.9. The van der Waals surface area contributed by atoms with Gasteiger partial charge in [0.05, 0.1) is 20.3 Å². The monoisotopic (exact) mass is 328 g/mol. The molecule has 10 nitrogen and oxygen atoms in total. The van der Waals surface area contributed by atoms with Crippen LogP contribution in [0.5, 0.6) is 0 Å². The van der Waals surface area contributed by atoms with Crippen molar-refractivity contribution >= 4 is 26.2 Å². The Hall–Kier alpha value is -1.90. The van der Waals surface area contributed by atoms with Crippen LogP contribution in [0.25, 0.3) is 0 Å². The first-order valence-electron chi connectivity index (χ1n) is 5.16. The molecule has 0 heterocycles. The predicted molar refractivity (Wildman–Crippen MR) is 68.1 cm³/mol. The number of phosphoric acid groups is 1. The lowest BCUT2D eigenvalue weighted by atomic mass is 10.3. The van der Waals surface area contributed by atoms with Gasteiger partial charge < -0.3 is 19.1 Å². The van der Waals surface area contributed by atoms with E-state index in [0.717, 1.165) is 34.5 Å². The molecular formula is C10H17O10P. The SMILES string of the molecule is COC(=O)/C=C(/CC(=O)OC)OP(=O)(OC)OC.O=CO. The molecule has 0 saturated heterocycles. The van der Waals surface area contributed by atoms with E-state index >= 15 is 0 Å². The molecule has 21 heavy (non-hydrogen) atoms. The van der Waals surface area contributed by atoms with Crippen LogP contribution in [0.3, 0.4) is 0 Å². The fraction of sp³-hybridized carbons (Fsp3) is 0.500. The standard InChI is InChI=1S/C9H15O8P.CH2O2/c1-13-8(10)5-7(6-9(11)14-2)17-18(12,15-3)16-4;2-1-3/h5H,6H2,1-4H3;1H,(H,2,3)/b7-5-;. The van der Waals surface area contributed by atoms with Gasteiger partial charge in [0.15, 0.2) is 0 Å². The molecule has 0 unspecified atom stereocenters. The number of hydrogen-bond acceptors (Lipinski definition) is 9. The molecule has 0 amide bonds. The Morgan fingerprint density at radius 2 is 1.57 bits per heavy atom.